The first-order valence-electron chi connectivity index (χ1n) is 6.63. The van der Waals surface area contributed by atoms with Gasteiger partial charge in [-0.05, 0) is 31.6 Å². The lowest BCUT2D eigenvalue weighted by atomic mass is 9.80. The number of Topliss-reactive ketones (excluding diaryl/α,β-unsaturated/α-hetero) is 1. The Labute approximate surface area is 108 Å². The number of carbonyl (C=O) groups excluding carboxylic acids is 1. The van der Waals surface area contributed by atoms with Crippen LogP contribution in [0.3, 0.4) is 0 Å². The van der Waals surface area contributed by atoms with Crippen molar-refractivity contribution in [2.45, 2.75) is 39.0 Å². The highest BCUT2D eigenvalue weighted by molar-refractivity contribution is 5.85. The van der Waals surface area contributed by atoms with Crippen LogP contribution in [0.5, 0.6) is 0 Å². The molecule has 0 aromatic carbocycles. The van der Waals surface area contributed by atoms with E-state index < -0.39 is 11.9 Å². The molecule has 1 rings (SSSR count). The fourth-order valence-electron chi connectivity index (χ4n) is 2.79. The van der Waals surface area contributed by atoms with Crippen LogP contribution in [-0.2, 0) is 9.59 Å². The highest BCUT2D eigenvalue weighted by Crippen LogP contribution is 2.38. The van der Waals surface area contributed by atoms with Gasteiger partial charge in [-0.3, -0.25) is 9.59 Å². The molecule has 1 saturated carbocycles. The van der Waals surface area contributed by atoms with E-state index in [1.807, 2.05) is 19.1 Å². The number of ketones is 1. The predicted octanol–water partition coefficient (Wildman–Crippen LogP) is 2.02. The summed E-state index contributed by atoms with van der Waals surface area (Å²) in [5.41, 5.74) is 0. The van der Waals surface area contributed by atoms with Crippen molar-refractivity contribution in [1.82, 2.24) is 0 Å². The van der Waals surface area contributed by atoms with Crippen LogP contribution in [0.25, 0.3) is 0 Å². The second kappa shape index (κ2) is 7.31. The summed E-state index contributed by atoms with van der Waals surface area (Å²) in [6.07, 6.45) is 6.88. The number of hydrogen-bond acceptors (Lipinski definition) is 3. The van der Waals surface area contributed by atoms with Crippen molar-refractivity contribution in [2.24, 2.45) is 17.8 Å². The summed E-state index contributed by atoms with van der Waals surface area (Å²) >= 11 is 0. The molecule has 0 amide bonds. The quantitative estimate of drug-likeness (QED) is 0.682. The van der Waals surface area contributed by atoms with Crippen LogP contribution in [0.15, 0.2) is 12.2 Å². The minimum Gasteiger partial charge on any atom is -0.481 e. The highest BCUT2D eigenvalue weighted by atomic mass is 16.4. The van der Waals surface area contributed by atoms with Gasteiger partial charge in [-0.25, -0.2) is 0 Å². The van der Waals surface area contributed by atoms with Crippen LogP contribution in [0.2, 0.25) is 0 Å². The molecule has 3 unspecified atom stereocenters. The molecule has 4 heteroatoms. The van der Waals surface area contributed by atoms with E-state index in [9.17, 15) is 14.7 Å². The van der Waals surface area contributed by atoms with Gasteiger partial charge < -0.3 is 10.2 Å². The molecule has 0 aliphatic heterocycles. The van der Waals surface area contributed by atoms with E-state index in [0.29, 0.717) is 19.3 Å². The summed E-state index contributed by atoms with van der Waals surface area (Å²) < 4.78 is 0. The molecule has 0 saturated heterocycles. The van der Waals surface area contributed by atoms with Crippen molar-refractivity contribution in [3.05, 3.63) is 12.2 Å². The van der Waals surface area contributed by atoms with Gasteiger partial charge in [0, 0.05) is 18.9 Å². The molecule has 4 nitrogen and oxygen atoms in total. The van der Waals surface area contributed by atoms with E-state index in [2.05, 4.69) is 0 Å². The van der Waals surface area contributed by atoms with E-state index in [4.69, 9.17) is 5.11 Å². The van der Waals surface area contributed by atoms with Crippen molar-refractivity contribution in [3.8, 4) is 0 Å². The molecule has 1 fully saturated rings. The lowest BCUT2D eigenvalue weighted by Crippen LogP contribution is -2.29. The normalized spacial score (nSPS) is 25.8. The SMILES string of the molecule is CC/C=C/CC1C(=O)CCC1C(CCO)C(=O)O. The van der Waals surface area contributed by atoms with Crippen LogP contribution < -0.4 is 0 Å². The Balaban J connectivity index is 2.74. The fraction of sp³-hybridized carbons (Fsp3) is 0.714. The molecule has 1 aliphatic rings. The van der Waals surface area contributed by atoms with Crippen molar-refractivity contribution >= 4 is 11.8 Å². The van der Waals surface area contributed by atoms with Gasteiger partial charge in [-0.2, -0.15) is 0 Å². The maximum atomic E-state index is 11.8. The van der Waals surface area contributed by atoms with Gasteiger partial charge in [-0.15, -0.1) is 0 Å². The number of allylic oxidation sites excluding steroid dienone is 2. The van der Waals surface area contributed by atoms with Gasteiger partial charge >= 0.3 is 5.97 Å². The molecule has 0 heterocycles. The number of aliphatic hydroxyl groups excluding tert-OH is 1. The fourth-order valence-corrected chi connectivity index (χ4v) is 2.79. The molecule has 2 N–H and O–H groups in total. The Morgan fingerprint density at radius 1 is 1.50 bits per heavy atom. The average Bonchev–Trinajstić information content (AvgIpc) is 2.68. The lowest BCUT2D eigenvalue weighted by molar-refractivity contribution is -0.145. The zero-order valence-electron chi connectivity index (χ0n) is 10.8. The molecule has 3 atom stereocenters. The third-order valence-electron chi connectivity index (χ3n) is 3.72. The van der Waals surface area contributed by atoms with Crippen molar-refractivity contribution in [3.63, 3.8) is 0 Å². The van der Waals surface area contributed by atoms with E-state index in [1.165, 1.54) is 0 Å². The average molecular weight is 254 g/mol. The summed E-state index contributed by atoms with van der Waals surface area (Å²) in [5.74, 6) is -1.62. The molecular weight excluding hydrogens is 232 g/mol. The first-order chi connectivity index (χ1) is 8.61. The summed E-state index contributed by atoms with van der Waals surface area (Å²) in [6.45, 7) is 1.88. The summed E-state index contributed by atoms with van der Waals surface area (Å²) in [5, 5.41) is 18.1. The van der Waals surface area contributed by atoms with Crippen LogP contribution in [0, 0.1) is 17.8 Å². The first-order valence-corrected chi connectivity index (χ1v) is 6.63. The Bertz CT molecular complexity index is 322. The standard InChI is InChI=1S/C14H22O4/c1-2-3-4-5-11-10(6-7-13(11)16)12(8-9-15)14(17)18/h3-4,10-12,15H,2,5-9H2,1H3,(H,17,18)/b4-3+. The second-order valence-electron chi connectivity index (χ2n) is 4.85. The second-order valence-corrected chi connectivity index (χ2v) is 4.85. The van der Waals surface area contributed by atoms with E-state index in [-0.39, 0.29) is 30.6 Å². The lowest BCUT2D eigenvalue weighted by Gasteiger charge is -2.23. The largest absolute Gasteiger partial charge is 0.481 e. The molecule has 0 aromatic heterocycles. The molecule has 18 heavy (non-hydrogen) atoms. The van der Waals surface area contributed by atoms with Crippen LogP contribution in [-0.4, -0.2) is 28.6 Å². The Morgan fingerprint density at radius 2 is 2.22 bits per heavy atom. The van der Waals surface area contributed by atoms with Crippen LogP contribution in [0.1, 0.15) is 39.0 Å². The van der Waals surface area contributed by atoms with Gasteiger partial charge in [0.2, 0.25) is 0 Å². The van der Waals surface area contributed by atoms with Gasteiger partial charge in [0.25, 0.3) is 0 Å². The molecule has 0 aromatic rings. The Kier molecular flexibility index (Phi) is 6.05. The van der Waals surface area contributed by atoms with Crippen molar-refractivity contribution in [2.75, 3.05) is 6.61 Å². The third-order valence-corrected chi connectivity index (χ3v) is 3.72. The Hall–Kier alpha value is -1.16. The number of hydrogen-bond donors (Lipinski definition) is 2. The van der Waals surface area contributed by atoms with E-state index in [0.717, 1.165) is 6.42 Å². The number of carboxylic acids is 1. The topological polar surface area (TPSA) is 74.6 Å². The minimum absolute atomic E-state index is 0.122. The number of aliphatic carboxylic acids is 1. The van der Waals surface area contributed by atoms with Crippen molar-refractivity contribution in [1.29, 1.82) is 0 Å². The maximum Gasteiger partial charge on any atom is 0.306 e. The van der Waals surface area contributed by atoms with E-state index >= 15 is 0 Å². The zero-order chi connectivity index (χ0) is 13.5. The van der Waals surface area contributed by atoms with Gasteiger partial charge in [-0.1, -0.05) is 19.1 Å². The summed E-state index contributed by atoms with van der Waals surface area (Å²) in [4.78, 5) is 23.0. The van der Waals surface area contributed by atoms with Crippen LogP contribution >= 0.6 is 0 Å². The first kappa shape index (κ1) is 14.9. The van der Waals surface area contributed by atoms with Gasteiger partial charge in [0.05, 0.1) is 5.92 Å². The maximum absolute atomic E-state index is 11.8. The summed E-state index contributed by atoms with van der Waals surface area (Å²) in [7, 11) is 0. The summed E-state index contributed by atoms with van der Waals surface area (Å²) in [6, 6.07) is 0. The monoisotopic (exact) mass is 254 g/mol. The molecular formula is C14H22O4. The molecule has 1 aliphatic carbocycles. The van der Waals surface area contributed by atoms with E-state index in [1.54, 1.807) is 0 Å². The minimum atomic E-state index is -0.895. The van der Waals surface area contributed by atoms with Gasteiger partial charge in [0.1, 0.15) is 5.78 Å². The van der Waals surface area contributed by atoms with Gasteiger partial charge in [0.15, 0.2) is 0 Å². The Morgan fingerprint density at radius 3 is 2.78 bits per heavy atom. The third kappa shape index (κ3) is 3.67. The number of aliphatic hydroxyl groups is 1. The smallest absolute Gasteiger partial charge is 0.306 e. The highest BCUT2D eigenvalue weighted by Gasteiger charge is 2.41. The van der Waals surface area contributed by atoms with Crippen LogP contribution in [0.4, 0.5) is 0 Å². The molecule has 0 radical (unpaired) electrons. The van der Waals surface area contributed by atoms with Crippen molar-refractivity contribution < 1.29 is 19.8 Å². The number of rotatable bonds is 7. The molecule has 102 valence electrons. The number of carboxylic acid groups (broad SMARTS) is 1. The zero-order valence-corrected chi connectivity index (χ0v) is 10.8. The molecule has 0 spiro atoms. The predicted molar refractivity (Wildman–Crippen MR) is 68.1 cm³/mol. The molecule has 0 bridgehead atoms. The number of carbonyl (C=O) groups is 2.